The highest BCUT2D eigenvalue weighted by Crippen LogP contribution is 2.36. The average Bonchev–Trinajstić information content (AvgIpc) is 3.11. The van der Waals surface area contributed by atoms with E-state index in [2.05, 4.69) is 6.07 Å². The Morgan fingerprint density at radius 2 is 1.72 bits per heavy atom. The second-order valence-corrected chi connectivity index (χ2v) is 8.52. The number of methoxy groups -OCH3 is 1. The van der Waals surface area contributed by atoms with Gasteiger partial charge in [-0.25, -0.2) is 0 Å². The molecule has 0 atom stereocenters. The third kappa shape index (κ3) is 4.67. The SMILES string of the molecule is COc1ccc(N2C(=O)/C(=C\c3ccc(OCc4ccccc4C#N)cc3)SC2=S)cc1. The third-order valence-electron chi connectivity index (χ3n) is 4.83. The Labute approximate surface area is 195 Å². The van der Waals surface area contributed by atoms with E-state index in [1.54, 1.807) is 25.3 Å². The van der Waals surface area contributed by atoms with Crippen LogP contribution in [0.1, 0.15) is 16.7 Å². The molecule has 1 fully saturated rings. The van der Waals surface area contributed by atoms with Crippen LogP contribution in [-0.4, -0.2) is 17.3 Å². The monoisotopic (exact) mass is 458 g/mol. The molecule has 0 N–H and O–H groups in total. The molecule has 3 aromatic carbocycles. The summed E-state index contributed by atoms with van der Waals surface area (Å²) in [6.45, 7) is 0.309. The van der Waals surface area contributed by atoms with E-state index >= 15 is 0 Å². The van der Waals surface area contributed by atoms with Crippen LogP contribution in [0.4, 0.5) is 5.69 Å². The molecular weight excluding hydrogens is 440 g/mol. The summed E-state index contributed by atoms with van der Waals surface area (Å²) in [4.78, 5) is 15.0. The molecule has 7 heteroatoms. The lowest BCUT2D eigenvalue weighted by atomic mass is 10.1. The summed E-state index contributed by atoms with van der Waals surface area (Å²) in [5.41, 5.74) is 3.01. The minimum atomic E-state index is -0.154. The van der Waals surface area contributed by atoms with Crippen molar-refractivity contribution >= 4 is 46.0 Å². The number of hydrogen-bond donors (Lipinski definition) is 0. The smallest absolute Gasteiger partial charge is 0.270 e. The van der Waals surface area contributed by atoms with Crippen molar-refractivity contribution in [3.8, 4) is 17.6 Å². The largest absolute Gasteiger partial charge is 0.497 e. The van der Waals surface area contributed by atoms with Crippen LogP contribution >= 0.6 is 24.0 Å². The number of amides is 1. The van der Waals surface area contributed by atoms with Gasteiger partial charge in [-0.3, -0.25) is 9.69 Å². The lowest BCUT2D eigenvalue weighted by molar-refractivity contribution is -0.113. The zero-order valence-electron chi connectivity index (χ0n) is 17.1. The highest BCUT2D eigenvalue weighted by atomic mass is 32.2. The van der Waals surface area contributed by atoms with Crippen molar-refractivity contribution < 1.29 is 14.3 Å². The fourth-order valence-electron chi connectivity index (χ4n) is 3.15. The fraction of sp³-hybridized carbons (Fsp3) is 0.0800. The van der Waals surface area contributed by atoms with Crippen molar-refractivity contribution in [3.05, 3.63) is 94.4 Å². The summed E-state index contributed by atoms with van der Waals surface area (Å²) in [5, 5.41) is 9.18. The highest BCUT2D eigenvalue weighted by Gasteiger charge is 2.33. The summed E-state index contributed by atoms with van der Waals surface area (Å²) in [6.07, 6.45) is 1.82. The molecule has 0 radical (unpaired) electrons. The van der Waals surface area contributed by atoms with Gasteiger partial charge in [0.05, 0.1) is 29.3 Å². The van der Waals surface area contributed by atoms with Gasteiger partial charge >= 0.3 is 0 Å². The molecule has 1 aliphatic rings. The molecule has 5 nitrogen and oxygen atoms in total. The van der Waals surface area contributed by atoms with Crippen LogP contribution in [0.5, 0.6) is 11.5 Å². The normalized spacial score (nSPS) is 14.5. The number of benzene rings is 3. The second kappa shape index (κ2) is 9.69. The lowest BCUT2D eigenvalue weighted by Crippen LogP contribution is -2.27. The maximum atomic E-state index is 12.9. The van der Waals surface area contributed by atoms with Gasteiger partial charge in [-0.05, 0) is 54.1 Å². The number of nitrogens with zero attached hydrogens (tertiary/aromatic N) is 2. The molecule has 1 amide bonds. The van der Waals surface area contributed by atoms with Crippen LogP contribution in [0.25, 0.3) is 6.08 Å². The van der Waals surface area contributed by atoms with Gasteiger partial charge in [0.25, 0.3) is 5.91 Å². The van der Waals surface area contributed by atoms with Crippen LogP contribution in [0.2, 0.25) is 0 Å². The van der Waals surface area contributed by atoms with Gasteiger partial charge in [0.15, 0.2) is 4.32 Å². The number of anilines is 1. The highest BCUT2D eigenvalue weighted by molar-refractivity contribution is 8.27. The van der Waals surface area contributed by atoms with Crippen molar-refractivity contribution in [1.29, 1.82) is 5.26 Å². The van der Waals surface area contributed by atoms with Crippen molar-refractivity contribution in [2.24, 2.45) is 0 Å². The average molecular weight is 459 g/mol. The maximum Gasteiger partial charge on any atom is 0.270 e. The lowest BCUT2D eigenvalue weighted by Gasteiger charge is -2.14. The van der Waals surface area contributed by atoms with E-state index < -0.39 is 0 Å². The Hall–Kier alpha value is -3.60. The van der Waals surface area contributed by atoms with Crippen LogP contribution < -0.4 is 14.4 Å². The van der Waals surface area contributed by atoms with E-state index in [1.807, 2.05) is 60.7 Å². The summed E-state index contributed by atoms with van der Waals surface area (Å²) < 4.78 is 11.5. The summed E-state index contributed by atoms with van der Waals surface area (Å²) >= 11 is 6.70. The molecular formula is C25H18N2O3S2. The van der Waals surface area contributed by atoms with Gasteiger partial charge in [0, 0.05) is 5.56 Å². The molecule has 158 valence electrons. The van der Waals surface area contributed by atoms with E-state index in [4.69, 9.17) is 21.7 Å². The van der Waals surface area contributed by atoms with Crippen molar-refractivity contribution in [3.63, 3.8) is 0 Å². The quantitative estimate of drug-likeness (QED) is 0.356. The Kier molecular flexibility index (Phi) is 6.55. The van der Waals surface area contributed by atoms with Crippen molar-refractivity contribution in [1.82, 2.24) is 0 Å². The predicted molar refractivity (Wildman–Crippen MR) is 131 cm³/mol. The molecule has 0 saturated carbocycles. The Bertz CT molecular complexity index is 1230. The molecule has 0 aromatic heterocycles. The van der Waals surface area contributed by atoms with E-state index in [-0.39, 0.29) is 5.91 Å². The van der Waals surface area contributed by atoms with Crippen molar-refractivity contribution in [2.45, 2.75) is 6.61 Å². The Balaban J connectivity index is 1.45. The third-order valence-corrected chi connectivity index (χ3v) is 6.14. The van der Waals surface area contributed by atoms with Gasteiger partial charge in [0.1, 0.15) is 18.1 Å². The molecule has 1 heterocycles. The second-order valence-electron chi connectivity index (χ2n) is 6.84. The van der Waals surface area contributed by atoms with Crippen LogP contribution in [0.15, 0.2) is 77.7 Å². The number of nitriles is 1. The molecule has 1 aliphatic heterocycles. The van der Waals surface area contributed by atoms with Gasteiger partial charge in [0.2, 0.25) is 0 Å². The van der Waals surface area contributed by atoms with E-state index in [0.29, 0.717) is 38.6 Å². The minimum absolute atomic E-state index is 0.154. The topological polar surface area (TPSA) is 62.6 Å². The van der Waals surface area contributed by atoms with E-state index in [9.17, 15) is 10.1 Å². The number of hydrogen-bond acceptors (Lipinski definition) is 6. The number of thiocarbonyl (C=S) groups is 1. The van der Waals surface area contributed by atoms with E-state index in [1.165, 1.54) is 16.7 Å². The van der Waals surface area contributed by atoms with Gasteiger partial charge in [-0.1, -0.05) is 54.3 Å². The zero-order valence-corrected chi connectivity index (χ0v) is 18.8. The number of thioether (sulfide) groups is 1. The molecule has 0 bridgehead atoms. The van der Waals surface area contributed by atoms with Gasteiger partial charge in [-0.15, -0.1) is 0 Å². The summed E-state index contributed by atoms with van der Waals surface area (Å²) in [5.74, 6) is 1.24. The fourth-order valence-corrected chi connectivity index (χ4v) is 4.45. The first kappa shape index (κ1) is 21.6. The predicted octanol–water partition coefficient (Wildman–Crippen LogP) is 5.55. The molecule has 0 spiro atoms. The first-order valence-corrected chi connectivity index (χ1v) is 10.9. The summed E-state index contributed by atoms with van der Waals surface area (Å²) in [6, 6.07) is 24.2. The first-order chi connectivity index (χ1) is 15.6. The van der Waals surface area contributed by atoms with Crippen LogP contribution in [0.3, 0.4) is 0 Å². The Morgan fingerprint density at radius 3 is 2.41 bits per heavy atom. The zero-order chi connectivity index (χ0) is 22.5. The molecule has 32 heavy (non-hydrogen) atoms. The molecule has 4 rings (SSSR count). The molecule has 3 aromatic rings. The molecule has 0 aliphatic carbocycles. The minimum Gasteiger partial charge on any atom is -0.497 e. The molecule has 1 saturated heterocycles. The van der Waals surface area contributed by atoms with Gasteiger partial charge in [-0.2, -0.15) is 5.26 Å². The number of carbonyl (C=O) groups excluding carboxylic acids is 1. The summed E-state index contributed by atoms with van der Waals surface area (Å²) in [7, 11) is 1.60. The standard InChI is InChI=1S/C25H18N2O3S2/c1-29-21-12-8-20(9-13-21)27-24(28)23(32-25(27)31)14-17-6-10-22(11-7-17)30-16-19-5-3-2-4-18(19)15-26/h2-14H,16H2,1H3/b23-14+. The molecule has 0 unspecified atom stereocenters. The van der Waals surface area contributed by atoms with Crippen LogP contribution in [0, 0.1) is 11.3 Å². The van der Waals surface area contributed by atoms with Gasteiger partial charge < -0.3 is 9.47 Å². The number of carbonyl (C=O) groups is 1. The number of ether oxygens (including phenoxy) is 2. The first-order valence-electron chi connectivity index (χ1n) is 9.72. The van der Waals surface area contributed by atoms with Crippen LogP contribution in [-0.2, 0) is 11.4 Å². The number of rotatable bonds is 6. The maximum absolute atomic E-state index is 12.9. The Morgan fingerprint density at radius 1 is 1.03 bits per heavy atom. The van der Waals surface area contributed by atoms with E-state index in [0.717, 1.165) is 11.1 Å². The van der Waals surface area contributed by atoms with Crippen molar-refractivity contribution in [2.75, 3.05) is 12.0 Å².